The van der Waals surface area contributed by atoms with Crippen LogP contribution in [0.2, 0.25) is 0 Å². The monoisotopic (exact) mass is 172 g/mol. The van der Waals surface area contributed by atoms with E-state index in [9.17, 15) is 0 Å². The average molecular weight is 172 g/mol. The lowest BCUT2D eigenvalue weighted by molar-refractivity contribution is -0.00923. The van der Waals surface area contributed by atoms with Crippen LogP contribution in [0.4, 0.5) is 0 Å². The second-order valence-electron chi connectivity index (χ2n) is 3.54. The van der Waals surface area contributed by atoms with Crippen LogP contribution < -0.4 is 0 Å². The largest absolute Gasteiger partial charge is 0.376 e. The SMILES string of the molecule is CC[C@@H]1CO[C@H]2[C@@H]1OC[C@H]2OC. The molecule has 0 amide bonds. The lowest BCUT2D eigenvalue weighted by Gasteiger charge is -2.14. The maximum Gasteiger partial charge on any atom is 0.112 e. The van der Waals surface area contributed by atoms with Gasteiger partial charge in [0.2, 0.25) is 0 Å². The van der Waals surface area contributed by atoms with Gasteiger partial charge in [-0.1, -0.05) is 6.92 Å². The summed E-state index contributed by atoms with van der Waals surface area (Å²) in [6, 6.07) is 0. The van der Waals surface area contributed by atoms with Crippen LogP contribution >= 0.6 is 0 Å². The Morgan fingerprint density at radius 3 is 2.67 bits per heavy atom. The van der Waals surface area contributed by atoms with E-state index in [1.807, 2.05) is 0 Å². The summed E-state index contributed by atoms with van der Waals surface area (Å²) in [6.07, 6.45) is 1.78. The first-order valence-corrected chi connectivity index (χ1v) is 4.62. The Morgan fingerprint density at radius 1 is 1.25 bits per heavy atom. The molecule has 2 saturated heterocycles. The first-order valence-electron chi connectivity index (χ1n) is 4.62. The lowest BCUT2D eigenvalue weighted by Crippen LogP contribution is -2.30. The van der Waals surface area contributed by atoms with Gasteiger partial charge in [0.15, 0.2) is 0 Å². The van der Waals surface area contributed by atoms with Crippen LogP contribution in [0.5, 0.6) is 0 Å². The third kappa shape index (κ3) is 1.16. The second-order valence-corrected chi connectivity index (χ2v) is 3.54. The zero-order valence-corrected chi connectivity index (χ0v) is 7.66. The topological polar surface area (TPSA) is 27.7 Å². The number of methoxy groups -OCH3 is 1. The van der Waals surface area contributed by atoms with Crippen LogP contribution in [0.3, 0.4) is 0 Å². The highest BCUT2D eigenvalue weighted by atomic mass is 16.6. The van der Waals surface area contributed by atoms with Crippen molar-refractivity contribution in [2.75, 3.05) is 20.3 Å². The number of rotatable bonds is 2. The third-order valence-electron chi connectivity index (χ3n) is 2.94. The first-order chi connectivity index (χ1) is 5.86. The van der Waals surface area contributed by atoms with E-state index in [1.165, 1.54) is 0 Å². The van der Waals surface area contributed by atoms with Crippen molar-refractivity contribution in [3.05, 3.63) is 0 Å². The Kier molecular flexibility index (Phi) is 2.35. The van der Waals surface area contributed by atoms with Crippen molar-refractivity contribution in [2.24, 2.45) is 5.92 Å². The van der Waals surface area contributed by atoms with Crippen molar-refractivity contribution in [2.45, 2.75) is 31.7 Å². The minimum Gasteiger partial charge on any atom is -0.376 e. The molecule has 2 heterocycles. The fourth-order valence-electron chi connectivity index (χ4n) is 2.10. The molecule has 2 rings (SSSR count). The quantitative estimate of drug-likeness (QED) is 0.617. The predicted molar refractivity (Wildman–Crippen MR) is 44.1 cm³/mol. The molecule has 2 aliphatic heterocycles. The molecule has 3 heteroatoms. The highest BCUT2D eigenvalue weighted by Crippen LogP contribution is 2.33. The minimum absolute atomic E-state index is 0.159. The molecule has 2 aliphatic rings. The zero-order valence-electron chi connectivity index (χ0n) is 7.66. The number of fused-ring (bicyclic) bond motifs is 1. The highest BCUT2D eigenvalue weighted by molar-refractivity contribution is 4.94. The smallest absolute Gasteiger partial charge is 0.112 e. The normalized spacial score (nSPS) is 46.5. The molecule has 4 atom stereocenters. The molecule has 0 aromatic rings. The zero-order chi connectivity index (χ0) is 8.55. The van der Waals surface area contributed by atoms with Gasteiger partial charge in [-0.2, -0.15) is 0 Å². The van der Waals surface area contributed by atoms with Gasteiger partial charge in [-0.15, -0.1) is 0 Å². The molecule has 3 nitrogen and oxygen atoms in total. The van der Waals surface area contributed by atoms with Crippen molar-refractivity contribution < 1.29 is 14.2 Å². The molecule has 0 aromatic carbocycles. The summed E-state index contributed by atoms with van der Waals surface area (Å²) in [7, 11) is 1.72. The van der Waals surface area contributed by atoms with E-state index in [2.05, 4.69) is 6.92 Å². The minimum atomic E-state index is 0.159. The molecule has 2 fully saturated rings. The summed E-state index contributed by atoms with van der Waals surface area (Å²) in [5.41, 5.74) is 0. The Labute approximate surface area is 73.0 Å². The van der Waals surface area contributed by atoms with E-state index in [0.29, 0.717) is 18.6 Å². The van der Waals surface area contributed by atoms with Crippen LogP contribution in [0.1, 0.15) is 13.3 Å². The van der Waals surface area contributed by atoms with Gasteiger partial charge >= 0.3 is 0 Å². The summed E-state index contributed by atoms with van der Waals surface area (Å²) < 4.78 is 16.5. The Morgan fingerprint density at radius 2 is 2.00 bits per heavy atom. The van der Waals surface area contributed by atoms with Gasteiger partial charge in [-0.05, 0) is 6.42 Å². The van der Waals surface area contributed by atoms with Crippen molar-refractivity contribution >= 4 is 0 Å². The van der Waals surface area contributed by atoms with Crippen LogP contribution in [-0.4, -0.2) is 38.6 Å². The van der Waals surface area contributed by atoms with E-state index in [0.717, 1.165) is 13.0 Å². The summed E-state index contributed by atoms with van der Waals surface area (Å²) in [5.74, 6) is 0.579. The van der Waals surface area contributed by atoms with Gasteiger partial charge in [-0.3, -0.25) is 0 Å². The maximum atomic E-state index is 5.63. The molecule has 0 spiro atoms. The molecular formula is C9H16O3. The first kappa shape index (κ1) is 8.48. The summed E-state index contributed by atoms with van der Waals surface area (Å²) in [5, 5.41) is 0. The van der Waals surface area contributed by atoms with Crippen molar-refractivity contribution in [1.29, 1.82) is 0 Å². The predicted octanol–water partition coefficient (Wildman–Crippen LogP) is 0.825. The fraction of sp³-hybridized carbons (Fsp3) is 1.00. The highest BCUT2D eigenvalue weighted by Gasteiger charge is 2.46. The third-order valence-corrected chi connectivity index (χ3v) is 2.94. The van der Waals surface area contributed by atoms with Crippen molar-refractivity contribution in [1.82, 2.24) is 0 Å². The molecular weight excluding hydrogens is 156 g/mol. The van der Waals surface area contributed by atoms with Crippen LogP contribution in [-0.2, 0) is 14.2 Å². The van der Waals surface area contributed by atoms with Crippen LogP contribution in [0.25, 0.3) is 0 Å². The van der Waals surface area contributed by atoms with E-state index < -0.39 is 0 Å². The van der Waals surface area contributed by atoms with E-state index in [1.54, 1.807) is 7.11 Å². The van der Waals surface area contributed by atoms with Crippen LogP contribution in [0, 0.1) is 5.92 Å². The summed E-state index contributed by atoms with van der Waals surface area (Å²) >= 11 is 0. The molecule has 0 aromatic heterocycles. The van der Waals surface area contributed by atoms with E-state index >= 15 is 0 Å². The van der Waals surface area contributed by atoms with Gasteiger partial charge in [0.1, 0.15) is 12.2 Å². The van der Waals surface area contributed by atoms with Crippen LogP contribution in [0.15, 0.2) is 0 Å². The van der Waals surface area contributed by atoms with Gasteiger partial charge in [0.25, 0.3) is 0 Å². The Bertz CT molecular complexity index is 142. The summed E-state index contributed by atoms with van der Waals surface area (Å²) in [4.78, 5) is 0. The molecule has 12 heavy (non-hydrogen) atoms. The standard InChI is InChI=1S/C9H16O3/c1-3-6-4-11-9-7(10-2)5-12-8(6)9/h6-9H,3-5H2,1-2H3/t6-,7-,8-,9-/m1/s1. The van der Waals surface area contributed by atoms with Crippen molar-refractivity contribution in [3.63, 3.8) is 0 Å². The average Bonchev–Trinajstić information content (AvgIpc) is 2.62. The van der Waals surface area contributed by atoms with Crippen molar-refractivity contribution in [3.8, 4) is 0 Å². The molecule has 0 unspecified atom stereocenters. The Balaban J connectivity index is 2.01. The fourth-order valence-corrected chi connectivity index (χ4v) is 2.10. The molecule has 0 bridgehead atoms. The molecule has 0 saturated carbocycles. The molecule has 0 radical (unpaired) electrons. The lowest BCUT2D eigenvalue weighted by atomic mass is 9.99. The number of ether oxygens (including phenoxy) is 3. The number of hydrogen-bond acceptors (Lipinski definition) is 3. The van der Waals surface area contributed by atoms with Gasteiger partial charge in [0, 0.05) is 13.0 Å². The molecule has 0 N–H and O–H groups in total. The van der Waals surface area contributed by atoms with Gasteiger partial charge < -0.3 is 14.2 Å². The Hall–Kier alpha value is -0.120. The summed E-state index contributed by atoms with van der Waals surface area (Å²) in [6.45, 7) is 3.72. The number of hydrogen-bond donors (Lipinski definition) is 0. The van der Waals surface area contributed by atoms with Gasteiger partial charge in [-0.25, -0.2) is 0 Å². The van der Waals surface area contributed by atoms with E-state index in [4.69, 9.17) is 14.2 Å². The van der Waals surface area contributed by atoms with Gasteiger partial charge in [0.05, 0.1) is 19.3 Å². The maximum absolute atomic E-state index is 5.63. The second kappa shape index (κ2) is 3.32. The van der Waals surface area contributed by atoms with E-state index in [-0.39, 0.29) is 12.2 Å². The molecule has 70 valence electrons. The molecule has 0 aliphatic carbocycles.